The van der Waals surface area contributed by atoms with E-state index in [0.29, 0.717) is 6.42 Å². The monoisotopic (exact) mass is 194 g/mol. The summed E-state index contributed by atoms with van der Waals surface area (Å²) in [6.07, 6.45) is 6.52. The molecule has 14 heavy (non-hydrogen) atoms. The van der Waals surface area contributed by atoms with Crippen LogP contribution in [0.3, 0.4) is 0 Å². The first-order valence-electron chi connectivity index (χ1n) is 4.86. The third kappa shape index (κ3) is 3.58. The third-order valence-corrected chi connectivity index (χ3v) is 1.93. The summed E-state index contributed by atoms with van der Waals surface area (Å²) in [6.45, 7) is 5.12. The normalized spacial score (nSPS) is 10.0. The fourth-order valence-electron chi connectivity index (χ4n) is 1.20. The van der Waals surface area contributed by atoms with Crippen molar-refractivity contribution in [1.29, 1.82) is 5.26 Å². The molecule has 4 nitrogen and oxygen atoms in total. The average Bonchev–Trinajstić information content (AvgIpc) is 2.63. The van der Waals surface area contributed by atoms with Gasteiger partial charge < -0.3 is 4.74 Å². The fourth-order valence-corrected chi connectivity index (χ4v) is 1.20. The summed E-state index contributed by atoms with van der Waals surface area (Å²) in [5.41, 5.74) is 0. The van der Waals surface area contributed by atoms with Crippen LogP contribution in [0.4, 0.5) is 0 Å². The molecule has 0 aliphatic rings. The van der Waals surface area contributed by atoms with Crippen molar-refractivity contribution in [2.24, 2.45) is 0 Å². The topological polar surface area (TPSA) is 41.8 Å². The highest BCUT2D eigenvalue weighted by molar-refractivity contribution is 4.68. The number of hydrogen-bond acceptors (Lipinski definition) is 2. The Morgan fingerprint density at radius 3 is 3.14 bits per heavy atom. The highest BCUT2D eigenvalue weighted by Gasteiger charge is 2.02. The zero-order valence-corrected chi connectivity index (χ0v) is 8.52. The summed E-state index contributed by atoms with van der Waals surface area (Å²) in [7, 11) is 0. The Morgan fingerprint density at radius 2 is 2.43 bits per heavy atom. The van der Waals surface area contributed by atoms with Gasteiger partial charge in [-0.25, -0.2) is 9.13 Å². The Morgan fingerprint density at radius 1 is 1.57 bits per heavy atom. The van der Waals surface area contributed by atoms with Gasteiger partial charge in [-0.15, -0.1) is 0 Å². The quantitative estimate of drug-likeness (QED) is 0.495. The van der Waals surface area contributed by atoms with E-state index < -0.39 is 0 Å². The number of imidazole rings is 1. The van der Waals surface area contributed by atoms with E-state index in [1.807, 2.05) is 30.2 Å². The van der Waals surface area contributed by atoms with Crippen molar-refractivity contribution in [3.63, 3.8) is 0 Å². The van der Waals surface area contributed by atoms with Crippen LogP contribution in [0, 0.1) is 11.3 Å². The second-order valence-electron chi connectivity index (χ2n) is 2.99. The Bertz CT molecular complexity index is 301. The molecule has 0 saturated heterocycles. The number of rotatable bonds is 6. The number of hydrogen-bond donors (Lipinski definition) is 0. The van der Waals surface area contributed by atoms with Crippen LogP contribution in [-0.2, 0) is 17.8 Å². The molecule has 0 saturated carbocycles. The Balaban J connectivity index is 2.32. The Hall–Kier alpha value is -1.34. The van der Waals surface area contributed by atoms with Gasteiger partial charge in [0, 0.05) is 6.61 Å². The smallest absolute Gasteiger partial charge is 0.243 e. The van der Waals surface area contributed by atoms with Gasteiger partial charge in [-0.2, -0.15) is 5.26 Å². The van der Waals surface area contributed by atoms with Crippen LogP contribution in [0.15, 0.2) is 18.7 Å². The van der Waals surface area contributed by atoms with Crippen LogP contribution in [0.2, 0.25) is 0 Å². The predicted molar refractivity (Wildman–Crippen MR) is 51.4 cm³/mol. The molecule has 1 aromatic heterocycles. The van der Waals surface area contributed by atoms with Crippen molar-refractivity contribution in [2.45, 2.75) is 26.4 Å². The highest BCUT2D eigenvalue weighted by atomic mass is 16.5. The van der Waals surface area contributed by atoms with Crippen molar-refractivity contribution < 1.29 is 9.30 Å². The van der Waals surface area contributed by atoms with Crippen molar-refractivity contribution in [3.8, 4) is 6.07 Å². The minimum atomic E-state index is 0.556. The molecular weight excluding hydrogens is 178 g/mol. The maximum atomic E-state index is 8.42. The number of nitrogens with zero attached hydrogens (tertiary/aromatic N) is 3. The van der Waals surface area contributed by atoms with Crippen LogP contribution in [0.5, 0.6) is 0 Å². The van der Waals surface area contributed by atoms with Gasteiger partial charge in [-0.1, -0.05) is 0 Å². The van der Waals surface area contributed by atoms with Crippen molar-refractivity contribution in [3.05, 3.63) is 18.7 Å². The molecule has 76 valence electrons. The van der Waals surface area contributed by atoms with Crippen LogP contribution in [0.25, 0.3) is 0 Å². The summed E-state index contributed by atoms with van der Waals surface area (Å²) >= 11 is 0. The summed E-state index contributed by atoms with van der Waals surface area (Å²) in [5.74, 6) is 0. The van der Waals surface area contributed by atoms with E-state index in [2.05, 4.69) is 10.6 Å². The van der Waals surface area contributed by atoms with E-state index in [1.165, 1.54) is 0 Å². The number of nitriles is 1. The molecule has 0 radical (unpaired) electrons. The first-order valence-corrected chi connectivity index (χ1v) is 4.86. The summed E-state index contributed by atoms with van der Waals surface area (Å²) in [6, 6.07) is 2.12. The SMILES string of the molecule is CCOCCn1cc[n+](CCC#N)c1. The Labute approximate surface area is 84.3 Å². The highest BCUT2D eigenvalue weighted by Crippen LogP contribution is 1.86. The molecule has 1 aromatic rings. The van der Waals surface area contributed by atoms with Crippen molar-refractivity contribution in [1.82, 2.24) is 4.57 Å². The molecule has 0 N–H and O–H groups in total. The van der Waals surface area contributed by atoms with E-state index >= 15 is 0 Å². The minimum Gasteiger partial charge on any atom is -0.378 e. The second kappa shape index (κ2) is 6.17. The molecular formula is C10H16N3O+. The van der Waals surface area contributed by atoms with Gasteiger partial charge in [0.1, 0.15) is 25.5 Å². The molecule has 1 heterocycles. The predicted octanol–water partition coefficient (Wildman–Crippen LogP) is 0.726. The van der Waals surface area contributed by atoms with Crippen LogP contribution < -0.4 is 4.57 Å². The van der Waals surface area contributed by atoms with Crippen LogP contribution in [-0.4, -0.2) is 17.8 Å². The molecule has 0 atom stereocenters. The van der Waals surface area contributed by atoms with Gasteiger partial charge in [0.05, 0.1) is 19.1 Å². The lowest BCUT2D eigenvalue weighted by molar-refractivity contribution is -0.695. The largest absolute Gasteiger partial charge is 0.378 e. The lowest BCUT2D eigenvalue weighted by Crippen LogP contribution is -2.30. The van der Waals surface area contributed by atoms with Crippen molar-refractivity contribution in [2.75, 3.05) is 13.2 Å². The number of aryl methyl sites for hydroxylation is 1. The standard InChI is InChI=1S/C10H16N3O/c1-2-14-9-8-13-7-6-12(10-13)5-3-4-11/h6-7,10H,2-3,5,8-9H2,1H3/q+1. The van der Waals surface area contributed by atoms with Crippen molar-refractivity contribution >= 4 is 0 Å². The number of ether oxygens (including phenoxy) is 1. The van der Waals surface area contributed by atoms with Crippen LogP contribution in [0.1, 0.15) is 13.3 Å². The molecule has 0 aliphatic carbocycles. The van der Waals surface area contributed by atoms with Crippen LogP contribution >= 0.6 is 0 Å². The van der Waals surface area contributed by atoms with Gasteiger partial charge in [0.25, 0.3) is 0 Å². The summed E-state index contributed by atoms with van der Waals surface area (Å²) in [4.78, 5) is 0. The van der Waals surface area contributed by atoms with E-state index in [-0.39, 0.29) is 0 Å². The molecule has 0 aliphatic heterocycles. The summed E-state index contributed by atoms with van der Waals surface area (Å²) < 4.78 is 9.32. The molecule has 1 rings (SSSR count). The molecule has 0 spiro atoms. The third-order valence-electron chi connectivity index (χ3n) is 1.93. The molecule has 0 aromatic carbocycles. The molecule has 0 fully saturated rings. The summed E-state index contributed by atoms with van der Waals surface area (Å²) in [5, 5.41) is 8.42. The molecule has 0 bridgehead atoms. The lowest BCUT2D eigenvalue weighted by Gasteiger charge is -1.96. The minimum absolute atomic E-state index is 0.556. The van der Waals surface area contributed by atoms with E-state index in [4.69, 9.17) is 10.00 Å². The first-order chi connectivity index (χ1) is 6.86. The average molecular weight is 194 g/mol. The molecule has 0 unspecified atom stereocenters. The van der Waals surface area contributed by atoms with E-state index in [9.17, 15) is 0 Å². The zero-order chi connectivity index (χ0) is 10.2. The fraction of sp³-hybridized carbons (Fsp3) is 0.600. The molecule has 4 heteroatoms. The maximum Gasteiger partial charge on any atom is 0.243 e. The van der Waals surface area contributed by atoms with Gasteiger partial charge >= 0.3 is 0 Å². The lowest BCUT2D eigenvalue weighted by atomic mass is 10.5. The molecule has 0 amide bonds. The van der Waals surface area contributed by atoms with E-state index in [0.717, 1.165) is 26.3 Å². The van der Waals surface area contributed by atoms with Gasteiger partial charge in [0.15, 0.2) is 0 Å². The zero-order valence-electron chi connectivity index (χ0n) is 8.52. The van der Waals surface area contributed by atoms with Gasteiger partial charge in [-0.3, -0.25) is 0 Å². The number of aromatic nitrogens is 2. The second-order valence-corrected chi connectivity index (χ2v) is 2.99. The van der Waals surface area contributed by atoms with Gasteiger partial charge in [0.2, 0.25) is 6.33 Å². The van der Waals surface area contributed by atoms with Gasteiger partial charge in [-0.05, 0) is 6.92 Å². The maximum absolute atomic E-state index is 8.42. The van der Waals surface area contributed by atoms with E-state index in [1.54, 1.807) is 0 Å². The first kappa shape index (κ1) is 10.7. The Kier molecular flexibility index (Phi) is 4.73.